The Hall–Kier alpha value is -4.73. The topological polar surface area (TPSA) is 178 Å². The van der Waals surface area contributed by atoms with Crippen LogP contribution in [0.1, 0.15) is 27.8 Å². The number of aromatic nitrogens is 2. The van der Waals surface area contributed by atoms with Gasteiger partial charge in [0, 0.05) is 37.0 Å². The third-order valence-corrected chi connectivity index (χ3v) is 5.92. The highest BCUT2D eigenvalue weighted by molar-refractivity contribution is 6.16. The van der Waals surface area contributed by atoms with E-state index >= 15 is 0 Å². The van der Waals surface area contributed by atoms with Crippen molar-refractivity contribution >= 4 is 35.2 Å². The Bertz CT molecular complexity index is 1350. The average molecular weight is 471 g/mol. The van der Waals surface area contributed by atoms with Crippen molar-refractivity contribution in [1.82, 2.24) is 14.9 Å². The SMILES string of the molecule is C=C(C=N)C(=O)N1CCc2cc(CNc3ncnc(N)c3C(=N)c3ccc(O)c(N)c3)ccc2C1. The first-order valence-corrected chi connectivity index (χ1v) is 10.9. The predicted molar refractivity (Wildman–Crippen MR) is 136 cm³/mol. The second kappa shape index (κ2) is 9.64. The van der Waals surface area contributed by atoms with Crippen molar-refractivity contribution in [3.05, 3.63) is 82.7 Å². The second-order valence-electron chi connectivity index (χ2n) is 8.23. The molecular weight excluding hydrogens is 444 g/mol. The van der Waals surface area contributed by atoms with Gasteiger partial charge in [0.25, 0.3) is 5.91 Å². The molecular formula is C25H26N8O2. The van der Waals surface area contributed by atoms with Gasteiger partial charge in [0.1, 0.15) is 23.7 Å². The summed E-state index contributed by atoms with van der Waals surface area (Å²) < 4.78 is 0. The maximum absolute atomic E-state index is 12.3. The summed E-state index contributed by atoms with van der Waals surface area (Å²) in [6.07, 6.45) is 3.02. The number of aromatic hydroxyl groups is 1. The van der Waals surface area contributed by atoms with Gasteiger partial charge < -0.3 is 32.2 Å². The van der Waals surface area contributed by atoms with Crippen molar-refractivity contribution < 1.29 is 9.90 Å². The lowest BCUT2D eigenvalue weighted by Crippen LogP contribution is -2.36. The Morgan fingerprint density at radius 2 is 2.00 bits per heavy atom. The number of benzene rings is 2. The Labute approximate surface area is 202 Å². The molecule has 2 heterocycles. The molecule has 0 unspecified atom stereocenters. The van der Waals surface area contributed by atoms with Gasteiger partial charge in [-0.3, -0.25) is 10.2 Å². The van der Waals surface area contributed by atoms with Crippen LogP contribution in [0.25, 0.3) is 0 Å². The summed E-state index contributed by atoms with van der Waals surface area (Å²) in [7, 11) is 0. The zero-order valence-electron chi connectivity index (χ0n) is 19.0. The van der Waals surface area contributed by atoms with E-state index in [2.05, 4.69) is 27.9 Å². The van der Waals surface area contributed by atoms with Gasteiger partial charge in [0.2, 0.25) is 0 Å². The van der Waals surface area contributed by atoms with E-state index in [0.29, 0.717) is 43.0 Å². The molecule has 0 aliphatic carbocycles. The molecule has 1 aromatic heterocycles. The van der Waals surface area contributed by atoms with Crippen molar-refractivity contribution in [1.29, 1.82) is 10.8 Å². The quantitative estimate of drug-likeness (QED) is 0.133. The molecule has 0 saturated carbocycles. The standard InChI is InChI=1S/C25H26N8O2/c1-14(10-26)25(35)33-7-6-16-8-15(2-3-18(16)12-33)11-30-24-21(23(29)31-13-32-24)22(28)17-4-5-20(34)19(27)9-17/h2-5,8-10,13,26,28,34H,1,6-7,11-12,27H2,(H3,29,30,31,32). The molecule has 10 nitrogen and oxygen atoms in total. The highest BCUT2D eigenvalue weighted by atomic mass is 16.3. The van der Waals surface area contributed by atoms with Crippen LogP contribution in [0, 0.1) is 10.8 Å². The zero-order chi connectivity index (χ0) is 25.1. The van der Waals surface area contributed by atoms with E-state index in [1.54, 1.807) is 11.0 Å². The van der Waals surface area contributed by atoms with E-state index in [1.165, 1.54) is 18.5 Å². The summed E-state index contributed by atoms with van der Waals surface area (Å²) in [5, 5.41) is 28.8. The van der Waals surface area contributed by atoms with Crippen molar-refractivity contribution in [3.8, 4) is 5.75 Å². The molecule has 0 fully saturated rings. The summed E-state index contributed by atoms with van der Waals surface area (Å²) >= 11 is 0. The predicted octanol–water partition coefficient (Wildman–Crippen LogP) is 2.47. The molecule has 2 aromatic carbocycles. The number of rotatable bonds is 7. The number of phenolic OH excluding ortho intramolecular Hbond substituents is 1. The number of hydrogen-bond acceptors (Lipinski definition) is 9. The van der Waals surface area contributed by atoms with Gasteiger partial charge in [0.15, 0.2) is 0 Å². The molecule has 0 spiro atoms. The van der Waals surface area contributed by atoms with Gasteiger partial charge in [-0.2, -0.15) is 0 Å². The molecule has 10 heteroatoms. The summed E-state index contributed by atoms with van der Waals surface area (Å²) in [5.41, 5.74) is 16.3. The van der Waals surface area contributed by atoms with Crippen molar-refractivity contribution in [2.75, 3.05) is 23.3 Å². The third-order valence-electron chi connectivity index (χ3n) is 5.92. The maximum Gasteiger partial charge on any atom is 0.255 e. The third kappa shape index (κ3) is 4.81. The largest absolute Gasteiger partial charge is 0.506 e. The van der Waals surface area contributed by atoms with Crippen LogP contribution in [0.3, 0.4) is 0 Å². The second-order valence-corrected chi connectivity index (χ2v) is 8.23. The number of nitrogens with one attached hydrogen (secondary N) is 3. The zero-order valence-corrected chi connectivity index (χ0v) is 19.0. The minimum atomic E-state index is -0.219. The van der Waals surface area contributed by atoms with E-state index in [0.717, 1.165) is 22.9 Å². The van der Waals surface area contributed by atoms with Crippen LogP contribution in [0.5, 0.6) is 5.75 Å². The van der Waals surface area contributed by atoms with Crippen molar-refractivity contribution in [3.63, 3.8) is 0 Å². The van der Waals surface area contributed by atoms with Crippen LogP contribution in [0.2, 0.25) is 0 Å². The number of amides is 1. The molecule has 0 radical (unpaired) electrons. The van der Waals surface area contributed by atoms with Gasteiger partial charge in [0.05, 0.1) is 17.0 Å². The Morgan fingerprint density at radius 1 is 1.20 bits per heavy atom. The normalized spacial score (nSPS) is 12.5. The van der Waals surface area contributed by atoms with E-state index in [4.69, 9.17) is 22.3 Å². The molecule has 1 aliphatic rings. The summed E-state index contributed by atoms with van der Waals surface area (Å²) in [5.74, 6) is 0.287. The van der Waals surface area contributed by atoms with Gasteiger partial charge in [-0.25, -0.2) is 9.97 Å². The molecule has 0 atom stereocenters. The Morgan fingerprint density at radius 3 is 2.74 bits per heavy atom. The number of fused-ring (bicyclic) bond motifs is 1. The van der Waals surface area contributed by atoms with Gasteiger partial charge in [-0.1, -0.05) is 24.8 Å². The van der Waals surface area contributed by atoms with Gasteiger partial charge in [-0.05, 0) is 41.3 Å². The molecule has 1 aliphatic heterocycles. The van der Waals surface area contributed by atoms with Crippen molar-refractivity contribution in [2.24, 2.45) is 0 Å². The maximum atomic E-state index is 12.3. The van der Waals surface area contributed by atoms with E-state index in [-0.39, 0.29) is 34.4 Å². The number of nitrogens with zero attached hydrogens (tertiary/aromatic N) is 3. The molecule has 4 rings (SSSR count). The van der Waals surface area contributed by atoms with Gasteiger partial charge in [-0.15, -0.1) is 0 Å². The molecule has 1 amide bonds. The average Bonchev–Trinajstić information content (AvgIpc) is 2.87. The molecule has 3 aromatic rings. The summed E-state index contributed by atoms with van der Waals surface area (Å²) in [4.78, 5) is 22.3. The van der Waals surface area contributed by atoms with E-state index in [1.807, 2.05) is 12.1 Å². The van der Waals surface area contributed by atoms with Crippen LogP contribution in [-0.2, 0) is 24.3 Å². The lowest BCUT2D eigenvalue weighted by Gasteiger charge is -2.29. The molecule has 0 bridgehead atoms. The Kier molecular flexibility index (Phi) is 6.45. The number of nitrogens with two attached hydrogens (primary N) is 2. The van der Waals surface area contributed by atoms with Crippen molar-refractivity contribution in [2.45, 2.75) is 19.5 Å². The summed E-state index contributed by atoms with van der Waals surface area (Å²) in [6.45, 7) is 5.11. The molecule has 0 saturated heterocycles. The number of hydrogen-bond donors (Lipinski definition) is 6. The van der Waals surface area contributed by atoms with Crippen LogP contribution in [-0.4, -0.2) is 44.4 Å². The monoisotopic (exact) mass is 470 g/mol. The van der Waals surface area contributed by atoms with E-state index in [9.17, 15) is 9.90 Å². The molecule has 178 valence electrons. The fourth-order valence-electron chi connectivity index (χ4n) is 3.97. The first kappa shape index (κ1) is 23.4. The lowest BCUT2D eigenvalue weighted by molar-refractivity contribution is -0.127. The first-order valence-electron chi connectivity index (χ1n) is 10.9. The van der Waals surface area contributed by atoms with Crippen LogP contribution >= 0.6 is 0 Å². The number of carbonyl (C=O) groups is 1. The number of anilines is 3. The highest BCUT2D eigenvalue weighted by Crippen LogP contribution is 2.27. The highest BCUT2D eigenvalue weighted by Gasteiger charge is 2.22. The van der Waals surface area contributed by atoms with E-state index < -0.39 is 0 Å². The molecule has 35 heavy (non-hydrogen) atoms. The number of phenols is 1. The van der Waals surface area contributed by atoms with Crippen LogP contribution in [0.4, 0.5) is 17.3 Å². The first-order chi connectivity index (χ1) is 16.8. The summed E-state index contributed by atoms with van der Waals surface area (Å²) in [6, 6.07) is 10.6. The van der Waals surface area contributed by atoms with Crippen LogP contribution in [0.15, 0.2) is 54.9 Å². The fraction of sp³-hybridized carbons (Fsp3) is 0.160. The Balaban J connectivity index is 1.51. The smallest absolute Gasteiger partial charge is 0.255 e. The fourth-order valence-corrected chi connectivity index (χ4v) is 3.97. The lowest BCUT2D eigenvalue weighted by atomic mass is 9.96. The molecule has 8 N–H and O–H groups in total. The number of carbonyl (C=O) groups excluding carboxylic acids is 1. The van der Waals surface area contributed by atoms with Crippen LogP contribution < -0.4 is 16.8 Å². The van der Waals surface area contributed by atoms with Gasteiger partial charge >= 0.3 is 0 Å². The minimum absolute atomic E-state index is 0.0586. The number of nitrogen functional groups attached to an aromatic ring is 2. The minimum Gasteiger partial charge on any atom is -0.506 e.